The summed E-state index contributed by atoms with van der Waals surface area (Å²) in [5, 5.41) is 2.72. The molecule has 21 heavy (non-hydrogen) atoms. The monoisotopic (exact) mass is 287 g/mol. The van der Waals surface area contributed by atoms with E-state index in [1.165, 1.54) is 12.3 Å². The Morgan fingerprint density at radius 1 is 1.10 bits per heavy atom. The molecule has 0 aliphatic carbocycles. The van der Waals surface area contributed by atoms with Gasteiger partial charge in [0.05, 0.1) is 17.9 Å². The maximum absolute atomic E-state index is 11.8. The number of hydrogen-bond donors (Lipinski definition) is 3. The van der Waals surface area contributed by atoms with E-state index in [0.29, 0.717) is 11.3 Å². The predicted molar refractivity (Wildman–Crippen MR) is 77.4 cm³/mol. The lowest BCUT2D eigenvalue weighted by Gasteiger charge is -2.15. The van der Waals surface area contributed by atoms with Crippen LogP contribution < -0.4 is 16.2 Å². The molecule has 2 rings (SSSR count). The van der Waals surface area contributed by atoms with Gasteiger partial charge >= 0.3 is 6.03 Å². The SMILES string of the molecule is Cc1occc1C(=O)NNC(=O)N[C@H](C)c1ccccc1. The molecule has 1 atom stereocenters. The van der Waals surface area contributed by atoms with E-state index in [4.69, 9.17) is 4.42 Å². The summed E-state index contributed by atoms with van der Waals surface area (Å²) >= 11 is 0. The second-order valence-electron chi connectivity index (χ2n) is 4.58. The Kier molecular flexibility index (Phi) is 4.61. The van der Waals surface area contributed by atoms with Gasteiger partial charge in [-0.05, 0) is 25.5 Å². The first-order chi connectivity index (χ1) is 10.1. The van der Waals surface area contributed by atoms with Gasteiger partial charge in [0.2, 0.25) is 0 Å². The molecule has 1 heterocycles. The van der Waals surface area contributed by atoms with Gasteiger partial charge in [0, 0.05) is 0 Å². The number of furan rings is 1. The first-order valence-electron chi connectivity index (χ1n) is 6.54. The Balaban J connectivity index is 1.83. The summed E-state index contributed by atoms with van der Waals surface area (Å²) < 4.78 is 5.03. The van der Waals surface area contributed by atoms with Gasteiger partial charge in [-0.25, -0.2) is 10.2 Å². The van der Waals surface area contributed by atoms with Gasteiger partial charge in [-0.15, -0.1) is 0 Å². The van der Waals surface area contributed by atoms with Gasteiger partial charge in [-0.1, -0.05) is 30.3 Å². The second kappa shape index (κ2) is 6.60. The molecule has 1 aromatic carbocycles. The predicted octanol–water partition coefficient (Wildman–Crippen LogP) is 2.29. The molecule has 0 fully saturated rings. The Labute approximate surface area is 122 Å². The average Bonchev–Trinajstić information content (AvgIpc) is 2.92. The number of urea groups is 1. The van der Waals surface area contributed by atoms with Crippen molar-refractivity contribution in [1.29, 1.82) is 0 Å². The third-order valence-corrected chi connectivity index (χ3v) is 3.04. The van der Waals surface area contributed by atoms with Gasteiger partial charge in [-0.2, -0.15) is 0 Å². The highest BCUT2D eigenvalue weighted by atomic mass is 16.3. The van der Waals surface area contributed by atoms with E-state index in [2.05, 4.69) is 16.2 Å². The number of carbonyl (C=O) groups excluding carboxylic acids is 2. The number of carbonyl (C=O) groups is 2. The van der Waals surface area contributed by atoms with E-state index >= 15 is 0 Å². The van der Waals surface area contributed by atoms with Crippen LogP contribution in [0.5, 0.6) is 0 Å². The lowest BCUT2D eigenvalue weighted by atomic mass is 10.1. The average molecular weight is 287 g/mol. The molecule has 0 saturated carbocycles. The van der Waals surface area contributed by atoms with Crippen LogP contribution in [0, 0.1) is 6.92 Å². The number of hydrogen-bond acceptors (Lipinski definition) is 3. The highest BCUT2D eigenvalue weighted by molar-refractivity contribution is 5.96. The van der Waals surface area contributed by atoms with E-state index < -0.39 is 11.9 Å². The Hall–Kier alpha value is -2.76. The smallest absolute Gasteiger partial charge is 0.333 e. The number of nitrogens with one attached hydrogen (secondary N) is 3. The molecular weight excluding hydrogens is 270 g/mol. The van der Waals surface area contributed by atoms with Crippen molar-refractivity contribution >= 4 is 11.9 Å². The van der Waals surface area contributed by atoms with Crippen molar-refractivity contribution in [2.24, 2.45) is 0 Å². The lowest BCUT2D eigenvalue weighted by Crippen LogP contribution is -2.47. The van der Waals surface area contributed by atoms with E-state index in [9.17, 15) is 9.59 Å². The summed E-state index contributed by atoms with van der Waals surface area (Å²) in [6.45, 7) is 3.53. The fourth-order valence-corrected chi connectivity index (χ4v) is 1.86. The topological polar surface area (TPSA) is 83.4 Å². The van der Waals surface area contributed by atoms with Crippen LogP contribution in [-0.4, -0.2) is 11.9 Å². The molecule has 3 amide bonds. The van der Waals surface area contributed by atoms with E-state index in [-0.39, 0.29) is 6.04 Å². The van der Waals surface area contributed by atoms with E-state index in [1.807, 2.05) is 37.3 Å². The zero-order valence-corrected chi connectivity index (χ0v) is 11.8. The highest BCUT2D eigenvalue weighted by Gasteiger charge is 2.13. The normalized spacial score (nSPS) is 11.5. The molecule has 0 bridgehead atoms. The number of rotatable bonds is 3. The molecule has 2 aromatic rings. The fraction of sp³-hybridized carbons (Fsp3) is 0.200. The van der Waals surface area contributed by atoms with Gasteiger partial charge in [-0.3, -0.25) is 10.2 Å². The van der Waals surface area contributed by atoms with Crippen molar-refractivity contribution in [2.75, 3.05) is 0 Å². The molecule has 0 aliphatic rings. The van der Waals surface area contributed by atoms with Gasteiger partial charge in [0.15, 0.2) is 0 Å². The van der Waals surface area contributed by atoms with Crippen molar-refractivity contribution in [3.8, 4) is 0 Å². The summed E-state index contributed by atoms with van der Waals surface area (Å²) in [5.74, 6) is 0.0659. The minimum atomic E-state index is -0.485. The summed E-state index contributed by atoms with van der Waals surface area (Å²) in [5.41, 5.74) is 5.99. The maximum Gasteiger partial charge on any atom is 0.333 e. The van der Waals surface area contributed by atoms with E-state index in [1.54, 1.807) is 6.92 Å². The minimum absolute atomic E-state index is 0.168. The van der Waals surface area contributed by atoms with Crippen molar-refractivity contribution in [3.05, 3.63) is 59.5 Å². The van der Waals surface area contributed by atoms with Crippen molar-refractivity contribution in [1.82, 2.24) is 16.2 Å². The van der Waals surface area contributed by atoms with Crippen LogP contribution in [0.1, 0.15) is 34.6 Å². The first-order valence-corrected chi connectivity index (χ1v) is 6.54. The Morgan fingerprint density at radius 3 is 2.43 bits per heavy atom. The molecule has 1 aromatic heterocycles. The molecule has 0 unspecified atom stereocenters. The quantitative estimate of drug-likeness (QED) is 0.757. The number of amides is 3. The summed E-state index contributed by atoms with van der Waals surface area (Å²) in [6.07, 6.45) is 1.42. The number of benzene rings is 1. The van der Waals surface area contributed by atoms with Crippen molar-refractivity contribution in [3.63, 3.8) is 0 Å². The number of hydrazine groups is 1. The van der Waals surface area contributed by atoms with Crippen LogP contribution >= 0.6 is 0 Å². The standard InChI is InChI=1S/C15H17N3O3/c1-10(12-6-4-3-5-7-12)16-15(20)18-17-14(19)13-8-9-21-11(13)2/h3-10H,1-2H3,(H,17,19)(H2,16,18,20)/t10-/m1/s1. The van der Waals surface area contributed by atoms with Crippen LogP contribution in [0.15, 0.2) is 47.1 Å². The summed E-state index contributed by atoms with van der Waals surface area (Å²) in [7, 11) is 0. The Bertz CT molecular complexity index is 622. The zero-order chi connectivity index (χ0) is 15.2. The third-order valence-electron chi connectivity index (χ3n) is 3.04. The molecule has 0 spiro atoms. The van der Waals surface area contributed by atoms with Crippen LogP contribution in [0.4, 0.5) is 4.79 Å². The fourth-order valence-electron chi connectivity index (χ4n) is 1.86. The summed E-state index contributed by atoms with van der Waals surface area (Å²) in [4.78, 5) is 23.5. The third kappa shape index (κ3) is 3.85. The minimum Gasteiger partial charge on any atom is -0.469 e. The van der Waals surface area contributed by atoms with Gasteiger partial charge in [0.25, 0.3) is 5.91 Å². The van der Waals surface area contributed by atoms with Crippen LogP contribution in [0.2, 0.25) is 0 Å². The largest absolute Gasteiger partial charge is 0.469 e. The molecule has 0 aliphatic heterocycles. The molecular formula is C15H17N3O3. The first kappa shape index (κ1) is 14.6. The van der Waals surface area contributed by atoms with Crippen LogP contribution in [0.3, 0.4) is 0 Å². The molecule has 6 nitrogen and oxygen atoms in total. The zero-order valence-electron chi connectivity index (χ0n) is 11.8. The molecule has 0 saturated heterocycles. The van der Waals surface area contributed by atoms with Crippen molar-refractivity contribution in [2.45, 2.75) is 19.9 Å². The molecule has 0 radical (unpaired) electrons. The maximum atomic E-state index is 11.8. The molecule has 3 N–H and O–H groups in total. The van der Waals surface area contributed by atoms with Crippen molar-refractivity contribution < 1.29 is 14.0 Å². The highest BCUT2D eigenvalue weighted by Crippen LogP contribution is 2.10. The summed E-state index contributed by atoms with van der Waals surface area (Å²) in [6, 6.07) is 10.4. The second-order valence-corrected chi connectivity index (χ2v) is 4.58. The van der Waals surface area contributed by atoms with Gasteiger partial charge < -0.3 is 9.73 Å². The van der Waals surface area contributed by atoms with Crippen LogP contribution in [0.25, 0.3) is 0 Å². The van der Waals surface area contributed by atoms with E-state index in [0.717, 1.165) is 5.56 Å². The molecule has 6 heteroatoms. The Morgan fingerprint density at radius 2 is 1.81 bits per heavy atom. The molecule has 110 valence electrons. The lowest BCUT2D eigenvalue weighted by molar-refractivity contribution is 0.0934. The number of aryl methyl sites for hydroxylation is 1. The van der Waals surface area contributed by atoms with Gasteiger partial charge in [0.1, 0.15) is 5.76 Å². The van der Waals surface area contributed by atoms with Crippen LogP contribution in [-0.2, 0) is 0 Å².